The Balaban J connectivity index is 1.91. The Labute approximate surface area is 101 Å². The van der Waals surface area contributed by atoms with Gasteiger partial charge in [0, 0.05) is 19.0 Å². The number of nitrogens with zero attached hydrogens (tertiary/aromatic N) is 4. The van der Waals surface area contributed by atoms with Crippen LogP contribution < -0.4 is 4.90 Å². The van der Waals surface area contributed by atoms with Crippen molar-refractivity contribution in [3.05, 3.63) is 17.5 Å². The van der Waals surface area contributed by atoms with Gasteiger partial charge in [0.15, 0.2) is 0 Å². The summed E-state index contributed by atoms with van der Waals surface area (Å²) in [5, 5.41) is 9.03. The third-order valence-corrected chi connectivity index (χ3v) is 3.48. The lowest BCUT2D eigenvalue weighted by Crippen LogP contribution is -2.31. The van der Waals surface area contributed by atoms with Crippen LogP contribution in [-0.4, -0.2) is 23.1 Å². The minimum Gasteiger partial charge on any atom is -0.341 e. The van der Waals surface area contributed by atoms with Crippen LogP contribution >= 0.6 is 0 Å². The van der Waals surface area contributed by atoms with Crippen molar-refractivity contribution in [1.82, 2.24) is 9.97 Å². The van der Waals surface area contributed by atoms with Gasteiger partial charge in [-0.1, -0.05) is 0 Å². The van der Waals surface area contributed by atoms with Crippen molar-refractivity contribution in [1.29, 1.82) is 5.26 Å². The first-order valence-electron chi connectivity index (χ1n) is 6.41. The molecule has 2 aliphatic rings. The molecule has 4 heteroatoms. The van der Waals surface area contributed by atoms with Crippen molar-refractivity contribution >= 4 is 5.95 Å². The molecule has 4 nitrogen and oxygen atoms in total. The van der Waals surface area contributed by atoms with E-state index in [-0.39, 0.29) is 0 Å². The first-order valence-corrected chi connectivity index (χ1v) is 6.41. The number of anilines is 1. The van der Waals surface area contributed by atoms with E-state index >= 15 is 0 Å². The largest absolute Gasteiger partial charge is 0.341 e. The number of hydrogen-bond acceptors (Lipinski definition) is 4. The third-order valence-electron chi connectivity index (χ3n) is 3.48. The molecule has 0 bridgehead atoms. The van der Waals surface area contributed by atoms with Gasteiger partial charge in [-0.05, 0) is 38.2 Å². The van der Waals surface area contributed by atoms with Gasteiger partial charge in [0.1, 0.15) is 11.8 Å². The zero-order valence-electron chi connectivity index (χ0n) is 9.89. The number of aromatic nitrogens is 2. The number of rotatable bonds is 2. The molecule has 1 saturated heterocycles. The van der Waals surface area contributed by atoms with E-state index in [1.807, 2.05) is 6.07 Å². The standard InChI is InChI=1S/C13H16N4/c14-9-11-8-12(10-4-5-10)16-13(15-11)17-6-2-1-3-7-17/h8,10H,1-7H2. The molecule has 2 fully saturated rings. The van der Waals surface area contributed by atoms with Gasteiger partial charge in [0.25, 0.3) is 0 Å². The molecule has 17 heavy (non-hydrogen) atoms. The number of hydrogen-bond donors (Lipinski definition) is 0. The highest BCUT2D eigenvalue weighted by atomic mass is 15.3. The molecule has 0 spiro atoms. The molecule has 0 N–H and O–H groups in total. The maximum absolute atomic E-state index is 9.03. The van der Waals surface area contributed by atoms with Crippen molar-refractivity contribution in [2.75, 3.05) is 18.0 Å². The van der Waals surface area contributed by atoms with Crippen LogP contribution in [0.2, 0.25) is 0 Å². The minimum atomic E-state index is 0.516. The maximum atomic E-state index is 9.03. The fraction of sp³-hybridized carbons (Fsp3) is 0.615. The fourth-order valence-electron chi connectivity index (χ4n) is 2.33. The molecule has 2 heterocycles. The normalized spacial score (nSPS) is 20.1. The van der Waals surface area contributed by atoms with Crippen LogP contribution in [0.4, 0.5) is 5.95 Å². The first kappa shape index (κ1) is 10.5. The lowest BCUT2D eigenvalue weighted by atomic mass is 10.1. The summed E-state index contributed by atoms with van der Waals surface area (Å²) in [6.07, 6.45) is 6.13. The van der Waals surface area contributed by atoms with Crippen molar-refractivity contribution in [3.63, 3.8) is 0 Å². The van der Waals surface area contributed by atoms with Crippen molar-refractivity contribution in [2.45, 2.75) is 38.0 Å². The Morgan fingerprint density at radius 3 is 2.59 bits per heavy atom. The molecular formula is C13H16N4. The SMILES string of the molecule is N#Cc1cc(C2CC2)nc(N2CCCCC2)n1. The van der Waals surface area contributed by atoms with Crippen molar-refractivity contribution in [2.24, 2.45) is 0 Å². The highest BCUT2D eigenvalue weighted by Gasteiger charge is 2.27. The van der Waals surface area contributed by atoms with Crippen LogP contribution in [0.3, 0.4) is 0 Å². The summed E-state index contributed by atoms with van der Waals surface area (Å²) in [7, 11) is 0. The molecule has 0 aromatic carbocycles. The van der Waals surface area contributed by atoms with Gasteiger partial charge in [-0.3, -0.25) is 0 Å². The van der Waals surface area contributed by atoms with E-state index in [1.54, 1.807) is 0 Å². The summed E-state index contributed by atoms with van der Waals surface area (Å²) in [6.45, 7) is 2.05. The van der Waals surface area contributed by atoms with Gasteiger partial charge >= 0.3 is 0 Å². The van der Waals surface area contributed by atoms with E-state index in [0.29, 0.717) is 11.6 Å². The Kier molecular flexibility index (Phi) is 2.68. The topological polar surface area (TPSA) is 52.8 Å². The summed E-state index contributed by atoms with van der Waals surface area (Å²) in [4.78, 5) is 11.2. The molecule has 1 aliphatic carbocycles. The molecule has 3 rings (SSSR count). The van der Waals surface area contributed by atoms with E-state index in [9.17, 15) is 0 Å². The molecule has 0 unspecified atom stereocenters. The third kappa shape index (κ3) is 2.23. The van der Waals surface area contributed by atoms with Crippen molar-refractivity contribution in [3.8, 4) is 6.07 Å². The summed E-state index contributed by atoms with van der Waals surface area (Å²) in [5.74, 6) is 1.35. The Morgan fingerprint density at radius 1 is 1.18 bits per heavy atom. The summed E-state index contributed by atoms with van der Waals surface area (Å²) in [5.41, 5.74) is 1.58. The zero-order valence-corrected chi connectivity index (χ0v) is 9.89. The predicted octanol–water partition coefficient (Wildman–Crippen LogP) is 2.22. The zero-order chi connectivity index (χ0) is 11.7. The van der Waals surface area contributed by atoms with Crippen molar-refractivity contribution < 1.29 is 0 Å². The van der Waals surface area contributed by atoms with Crippen LogP contribution in [0.15, 0.2) is 6.07 Å². The van der Waals surface area contributed by atoms with Gasteiger partial charge in [-0.2, -0.15) is 5.26 Å². The Hall–Kier alpha value is -1.63. The molecule has 88 valence electrons. The van der Waals surface area contributed by atoms with E-state index in [4.69, 9.17) is 5.26 Å². The van der Waals surface area contributed by atoms with E-state index in [1.165, 1.54) is 32.1 Å². The monoisotopic (exact) mass is 228 g/mol. The lowest BCUT2D eigenvalue weighted by Gasteiger charge is -2.26. The Morgan fingerprint density at radius 2 is 1.94 bits per heavy atom. The molecule has 1 saturated carbocycles. The van der Waals surface area contributed by atoms with Crippen LogP contribution in [0.5, 0.6) is 0 Å². The van der Waals surface area contributed by atoms with Crippen LogP contribution in [0, 0.1) is 11.3 Å². The Bertz CT molecular complexity index is 453. The predicted molar refractivity (Wildman–Crippen MR) is 64.8 cm³/mol. The van der Waals surface area contributed by atoms with Crippen LogP contribution in [-0.2, 0) is 0 Å². The maximum Gasteiger partial charge on any atom is 0.226 e. The molecule has 0 radical (unpaired) electrons. The number of nitriles is 1. The number of piperidine rings is 1. The second-order valence-corrected chi connectivity index (χ2v) is 4.91. The van der Waals surface area contributed by atoms with Crippen LogP contribution in [0.25, 0.3) is 0 Å². The molecule has 1 aromatic rings. The average molecular weight is 228 g/mol. The van der Waals surface area contributed by atoms with Gasteiger partial charge in [0.05, 0.1) is 5.69 Å². The fourth-order valence-corrected chi connectivity index (χ4v) is 2.33. The van der Waals surface area contributed by atoms with E-state index < -0.39 is 0 Å². The van der Waals surface area contributed by atoms with Gasteiger partial charge in [-0.15, -0.1) is 0 Å². The summed E-state index contributed by atoms with van der Waals surface area (Å²) < 4.78 is 0. The molecule has 1 aliphatic heterocycles. The van der Waals surface area contributed by atoms with Gasteiger partial charge in [-0.25, -0.2) is 9.97 Å². The molecule has 0 amide bonds. The van der Waals surface area contributed by atoms with Crippen LogP contribution in [0.1, 0.15) is 49.4 Å². The van der Waals surface area contributed by atoms with E-state index in [0.717, 1.165) is 24.7 Å². The highest BCUT2D eigenvalue weighted by Crippen LogP contribution is 2.39. The summed E-state index contributed by atoms with van der Waals surface area (Å²) in [6, 6.07) is 4.00. The second-order valence-electron chi connectivity index (χ2n) is 4.91. The average Bonchev–Trinajstić information content (AvgIpc) is 3.23. The lowest BCUT2D eigenvalue weighted by molar-refractivity contribution is 0.567. The second kappa shape index (κ2) is 4.33. The quantitative estimate of drug-likeness (QED) is 0.778. The summed E-state index contributed by atoms with van der Waals surface area (Å²) >= 11 is 0. The van der Waals surface area contributed by atoms with E-state index in [2.05, 4.69) is 20.9 Å². The smallest absolute Gasteiger partial charge is 0.226 e. The molecular weight excluding hydrogens is 212 g/mol. The van der Waals surface area contributed by atoms with Gasteiger partial charge < -0.3 is 4.90 Å². The minimum absolute atomic E-state index is 0.516. The first-order chi connectivity index (χ1) is 8.36. The van der Waals surface area contributed by atoms with Gasteiger partial charge in [0.2, 0.25) is 5.95 Å². The molecule has 1 aromatic heterocycles. The highest BCUT2D eigenvalue weighted by molar-refractivity contribution is 5.38. The molecule has 0 atom stereocenters.